The van der Waals surface area contributed by atoms with Gasteiger partial charge in [-0.25, -0.2) is 0 Å². The summed E-state index contributed by atoms with van der Waals surface area (Å²) in [5.41, 5.74) is 0.486. The molecule has 1 aromatic carbocycles. The van der Waals surface area contributed by atoms with Gasteiger partial charge in [-0.2, -0.15) is 0 Å². The van der Waals surface area contributed by atoms with Crippen molar-refractivity contribution in [3.05, 3.63) is 23.8 Å². The summed E-state index contributed by atoms with van der Waals surface area (Å²) in [6.07, 6.45) is 0.696. The molecule has 0 saturated carbocycles. The molecule has 0 bridgehead atoms. The fraction of sp³-hybridized carbons (Fsp3) is 0.125. The molecule has 0 aliphatic carbocycles. The average molecular weight is 232 g/mol. The molecule has 5 nitrogen and oxygen atoms in total. The fourth-order valence-electron chi connectivity index (χ4n) is 0.768. The van der Waals surface area contributed by atoms with Crippen LogP contribution in [0.25, 0.3) is 0 Å². The van der Waals surface area contributed by atoms with Gasteiger partial charge in [0, 0.05) is 5.56 Å². The number of aromatic hydroxyl groups is 1. The van der Waals surface area contributed by atoms with Gasteiger partial charge in [-0.1, -0.05) is 0 Å². The molecule has 0 saturated heterocycles. The van der Waals surface area contributed by atoms with Crippen LogP contribution in [0.15, 0.2) is 18.2 Å². The van der Waals surface area contributed by atoms with E-state index < -0.39 is 19.1 Å². The summed E-state index contributed by atoms with van der Waals surface area (Å²) >= 11 is -2.00. The van der Waals surface area contributed by atoms with Crippen molar-refractivity contribution in [2.45, 2.75) is 0 Å². The van der Waals surface area contributed by atoms with E-state index in [2.05, 4.69) is 0 Å². The molecule has 0 atom stereocenters. The summed E-state index contributed by atoms with van der Waals surface area (Å²) in [6, 6.07) is 4.41. The third kappa shape index (κ3) is 4.16. The Morgan fingerprint density at radius 1 is 1.43 bits per heavy atom. The number of ether oxygens (including phenoxy) is 1. The van der Waals surface area contributed by atoms with Gasteiger partial charge in [0.1, 0.15) is 6.29 Å². The zero-order valence-electron chi connectivity index (χ0n) is 7.39. The number of phenolic OH excluding ortho intramolecular Hbond substituents is 1. The van der Waals surface area contributed by atoms with Crippen LogP contribution >= 0.6 is 0 Å². The number of benzene rings is 1. The van der Waals surface area contributed by atoms with Crippen molar-refractivity contribution in [1.29, 1.82) is 0 Å². The van der Waals surface area contributed by atoms with E-state index in [1.165, 1.54) is 25.3 Å². The number of carbonyl (C=O) groups excluding carboxylic acids is 1. The molecule has 74 valence electrons. The van der Waals surface area contributed by atoms with Crippen LogP contribution in [0.2, 0.25) is 0 Å². The number of aldehydes is 1. The Morgan fingerprint density at radius 2 is 2.00 bits per heavy atom. The zero-order valence-corrected chi connectivity index (χ0v) is 8.95. The first-order valence-corrected chi connectivity index (χ1v) is 4.78. The van der Waals surface area contributed by atoms with Crippen molar-refractivity contribution in [3.63, 3.8) is 0 Å². The topological polar surface area (TPSA) is 80.7 Å². The van der Waals surface area contributed by atoms with Crippen LogP contribution in [0.1, 0.15) is 10.4 Å². The molecule has 0 aliphatic heterocycles. The molecule has 0 unspecified atom stereocenters. The third-order valence-corrected chi connectivity index (χ3v) is 1.34. The number of methoxy groups -OCH3 is 1. The second kappa shape index (κ2) is 7.23. The molecule has 0 spiro atoms. The van der Waals surface area contributed by atoms with E-state index >= 15 is 0 Å². The van der Waals surface area contributed by atoms with Gasteiger partial charge in [0.2, 0.25) is 0 Å². The van der Waals surface area contributed by atoms with Crippen molar-refractivity contribution >= 4 is 6.29 Å². The number of phenols is 1. The van der Waals surface area contributed by atoms with Crippen molar-refractivity contribution in [2.75, 3.05) is 7.11 Å². The molecule has 0 aromatic heterocycles. The molecule has 14 heavy (non-hydrogen) atoms. The molecule has 0 aliphatic rings. The van der Waals surface area contributed by atoms with Crippen LogP contribution in [0.4, 0.5) is 0 Å². The van der Waals surface area contributed by atoms with E-state index in [1.807, 2.05) is 0 Å². The van der Waals surface area contributed by atoms with E-state index in [-0.39, 0.29) is 5.75 Å². The summed E-state index contributed by atoms with van der Waals surface area (Å²) in [4.78, 5) is 10.2. The molecule has 0 radical (unpaired) electrons. The number of hydrogen-bond donors (Lipinski definition) is 1. The number of rotatable bonds is 2. The summed E-state index contributed by atoms with van der Waals surface area (Å²) in [7, 11) is 1.43. The van der Waals surface area contributed by atoms with Gasteiger partial charge in [0.15, 0.2) is 11.5 Å². The Morgan fingerprint density at radius 3 is 2.43 bits per heavy atom. The van der Waals surface area contributed by atoms with Crippen molar-refractivity contribution in [3.8, 4) is 11.5 Å². The average Bonchev–Trinajstić information content (AvgIpc) is 2.20. The quantitative estimate of drug-likeness (QED) is 0.606. The van der Waals surface area contributed by atoms with Gasteiger partial charge < -0.3 is 9.84 Å². The molecular formula is C8H8O5Ti. The van der Waals surface area contributed by atoms with Gasteiger partial charge >= 0.3 is 25.7 Å². The van der Waals surface area contributed by atoms with E-state index in [0.717, 1.165) is 0 Å². The van der Waals surface area contributed by atoms with Crippen molar-refractivity contribution in [2.24, 2.45) is 0 Å². The monoisotopic (exact) mass is 232 g/mol. The summed E-state index contributed by atoms with van der Waals surface area (Å²) in [6.45, 7) is 0. The number of carbonyl (C=O) groups is 1. The van der Waals surface area contributed by atoms with Crippen LogP contribution in [-0.4, -0.2) is 18.5 Å². The Kier molecular flexibility index (Phi) is 6.61. The van der Waals surface area contributed by atoms with Crippen molar-refractivity contribution in [1.82, 2.24) is 0 Å². The van der Waals surface area contributed by atoms with Crippen LogP contribution in [0, 0.1) is 0 Å². The third-order valence-electron chi connectivity index (χ3n) is 1.34. The molecule has 1 aromatic rings. The second-order valence-electron chi connectivity index (χ2n) is 2.13. The number of hydrogen-bond acceptors (Lipinski definition) is 5. The minimum atomic E-state index is -2.00. The predicted octanol–water partition coefficient (Wildman–Crippen LogP) is 0.973. The zero-order chi connectivity index (χ0) is 11.0. The van der Waals surface area contributed by atoms with Crippen LogP contribution in [0.5, 0.6) is 11.5 Å². The first kappa shape index (κ1) is 12.8. The Labute approximate surface area is 89.3 Å². The minimum absolute atomic E-state index is 0.0399. The Bertz CT molecular complexity index is 344. The SMILES string of the molecule is COc1cc(C=O)ccc1O.[O]=[Ti]=[O]. The van der Waals surface area contributed by atoms with E-state index in [1.54, 1.807) is 0 Å². The van der Waals surface area contributed by atoms with Crippen molar-refractivity contribution < 1.29 is 40.4 Å². The maximum atomic E-state index is 10.2. The summed E-state index contributed by atoms with van der Waals surface area (Å²) in [5.74, 6) is 0.354. The molecule has 6 heteroatoms. The fourth-order valence-corrected chi connectivity index (χ4v) is 0.768. The molecule has 1 N–H and O–H groups in total. The van der Waals surface area contributed by atoms with Gasteiger partial charge in [-0.15, -0.1) is 0 Å². The standard InChI is InChI=1S/C8H8O3.2O.Ti/c1-11-8-4-6(5-9)2-3-7(8)10;;;/h2-5,10H,1H3;;;. The molecule has 0 heterocycles. The molecule has 0 amide bonds. The van der Waals surface area contributed by atoms with Crippen LogP contribution < -0.4 is 4.74 Å². The molecule has 0 fully saturated rings. The van der Waals surface area contributed by atoms with Gasteiger partial charge in [0.05, 0.1) is 7.11 Å². The van der Waals surface area contributed by atoms with Crippen LogP contribution in [-0.2, 0) is 25.7 Å². The van der Waals surface area contributed by atoms with E-state index in [4.69, 9.17) is 16.5 Å². The van der Waals surface area contributed by atoms with E-state index in [0.29, 0.717) is 17.6 Å². The maximum absolute atomic E-state index is 10.2. The Balaban J connectivity index is 0.000000500. The molecular weight excluding hydrogens is 224 g/mol. The summed E-state index contributed by atoms with van der Waals surface area (Å²) in [5, 5.41) is 9.09. The summed E-state index contributed by atoms with van der Waals surface area (Å²) < 4.78 is 21.8. The van der Waals surface area contributed by atoms with E-state index in [9.17, 15) is 4.79 Å². The predicted molar refractivity (Wildman–Crippen MR) is 41.4 cm³/mol. The molecule has 1 rings (SSSR count). The first-order chi connectivity index (χ1) is 6.69. The van der Waals surface area contributed by atoms with Crippen LogP contribution in [0.3, 0.4) is 0 Å². The normalized spacial score (nSPS) is 7.79. The van der Waals surface area contributed by atoms with Gasteiger partial charge in [-0.05, 0) is 18.2 Å². The van der Waals surface area contributed by atoms with Gasteiger partial charge in [0.25, 0.3) is 0 Å². The second-order valence-corrected chi connectivity index (χ2v) is 2.39. The van der Waals surface area contributed by atoms with Gasteiger partial charge in [-0.3, -0.25) is 4.79 Å². The Hall–Kier alpha value is -1.20. The first-order valence-electron chi connectivity index (χ1n) is 3.51.